The molecule has 0 N–H and O–H groups in total. The molecule has 22 heavy (non-hydrogen) atoms. The van der Waals surface area contributed by atoms with Gasteiger partial charge in [0.2, 0.25) is 0 Å². The Labute approximate surface area is 146 Å². The quantitative estimate of drug-likeness (QED) is 0.723. The number of nitrogens with zero attached hydrogens (tertiary/aromatic N) is 1. The minimum atomic E-state index is -0.204. The molecular weight excluding hydrogens is 366 g/mol. The Morgan fingerprint density at radius 3 is 2.86 bits per heavy atom. The number of carbonyl (C=O) groups excluding carboxylic acids is 1. The predicted molar refractivity (Wildman–Crippen MR) is 93.6 cm³/mol. The van der Waals surface area contributed by atoms with E-state index >= 15 is 0 Å². The molecule has 2 fully saturated rings. The number of hydrogen-bond donors (Lipinski definition) is 0. The second kappa shape index (κ2) is 8.32. The largest absolute Gasteiger partial charge is 0.462 e. The highest BCUT2D eigenvalue weighted by atomic mass is 79.9. The van der Waals surface area contributed by atoms with Crippen molar-refractivity contribution in [3.63, 3.8) is 0 Å². The zero-order valence-electron chi connectivity index (χ0n) is 12.7. The molecule has 0 radical (unpaired) electrons. The van der Waals surface area contributed by atoms with Crippen LogP contribution in [-0.4, -0.2) is 36.6 Å². The Balaban J connectivity index is 0.00000176. The second-order valence-electron chi connectivity index (χ2n) is 6.11. The Bertz CT molecular complexity index is 509. The van der Waals surface area contributed by atoms with Gasteiger partial charge in [-0.05, 0) is 57.0 Å². The first-order valence-electron chi connectivity index (χ1n) is 7.91. The average molecular weight is 389 g/mol. The smallest absolute Gasteiger partial charge is 0.338 e. The van der Waals surface area contributed by atoms with Gasteiger partial charge in [-0.15, -0.1) is 12.4 Å². The van der Waals surface area contributed by atoms with Gasteiger partial charge in [-0.1, -0.05) is 28.4 Å². The molecular formula is C17H23BrClNO2. The molecule has 0 spiro atoms. The van der Waals surface area contributed by atoms with Crippen molar-refractivity contribution >= 4 is 34.3 Å². The van der Waals surface area contributed by atoms with Crippen molar-refractivity contribution in [1.29, 1.82) is 0 Å². The van der Waals surface area contributed by atoms with Crippen LogP contribution in [0.4, 0.5) is 0 Å². The average Bonchev–Trinajstić information content (AvgIpc) is 2.52. The lowest BCUT2D eigenvalue weighted by molar-refractivity contribution is 0.00738. The topological polar surface area (TPSA) is 29.5 Å². The molecule has 2 atom stereocenters. The minimum Gasteiger partial charge on any atom is -0.462 e. The van der Waals surface area contributed by atoms with E-state index in [1.807, 2.05) is 18.2 Å². The van der Waals surface area contributed by atoms with Gasteiger partial charge >= 0.3 is 5.97 Å². The molecule has 3 nitrogen and oxygen atoms in total. The van der Waals surface area contributed by atoms with Crippen LogP contribution in [0.25, 0.3) is 0 Å². The molecule has 2 aliphatic rings. The van der Waals surface area contributed by atoms with Crippen LogP contribution in [0.3, 0.4) is 0 Å². The number of fused-ring (bicyclic) bond motifs is 1. The molecule has 2 heterocycles. The van der Waals surface area contributed by atoms with Crippen LogP contribution >= 0.6 is 28.3 Å². The first kappa shape index (κ1) is 17.8. The van der Waals surface area contributed by atoms with Gasteiger partial charge in [0.1, 0.15) is 0 Å². The monoisotopic (exact) mass is 387 g/mol. The third kappa shape index (κ3) is 4.24. The lowest BCUT2D eigenvalue weighted by Crippen LogP contribution is -2.49. The minimum absolute atomic E-state index is 0. The van der Waals surface area contributed by atoms with Gasteiger partial charge in [0, 0.05) is 16.4 Å². The third-order valence-electron chi connectivity index (χ3n) is 4.72. The van der Waals surface area contributed by atoms with Crippen molar-refractivity contribution in [3.8, 4) is 0 Å². The lowest BCUT2D eigenvalue weighted by Gasteiger charge is -2.44. The Hall–Kier alpha value is -0.580. The van der Waals surface area contributed by atoms with Crippen molar-refractivity contribution in [2.75, 3.05) is 19.7 Å². The van der Waals surface area contributed by atoms with Crippen LogP contribution in [0.5, 0.6) is 0 Å². The summed E-state index contributed by atoms with van der Waals surface area (Å²) in [5.74, 6) is 0.305. The van der Waals surface area contributed by atoms with Crippen LogP contribution in [0.1, 0.15) is 42.5 Å². The van der Waals surface area contributed by atoms with Gasteiger partial charge in [-0.2, -0.15) is 0 Å². The number of rotatable bonds is 3. The fourth-order valence-electron chi connectivity index (χ4n) is 3.65. The first-order chi connectivity index (χ1) is 10.2. The lowest BCUT2D eigenvalue weighted by atomic mass is 9.84. The van der Waals surface area contributed by atoms with E-state index < -0.39 is 0 Å². The van der Waals surface area contributed by atoms with Gasteiger partial charge in [-0.25, -0.2) is 4.79 Å². The van der Waals surface area contributed by atoms with Gasteiger partial charge in [0.25, 0.3) is 0 Å². The number of ether oxygens (including phenoxy) is 1. The Morgan fingerprint density at radius 2 is 2.05 bits per heavy atom. The van der Waals surface area contributed by atoms with Crippen LogP contribution in [0.15, 0.2) is 28.7 Å². The van der Waals surface area contributed by atoms with E-state index in [0.717, 1.165) is 4.47 Å². The fraction of sp³-hybridized carbons (Fsp3) is 0.588. The zero-order chi connectivity index (χ0) is 14.7. The summed E-state index contributed by atoms with van der Waals surface area (Å²) in [4.78, 5) is 14.7. The summed E-state index contributed by atoms with van der Waals surface area (Å²) in [6, 6.07) is 8.03. The standard InChI is InChI=1S/C17H22BrNO2.ClH/c18-15-7-3-5-13(11-15)17(20)21-12-14-6-4-10-19-9-2-1-8-16(14)19;/h3,5,7,11,14,16H,1-2,4,6,8-10,12H2;1H/t14-,16+;/m0./s1. The van der Waals surface area contributed by atoms with Crippen molar-refractivity contribution in [2.24, 2.45) is 5.92 Å². The van der Waals surface area contributed by atoms with Crippen LogP contribution < -0.4 is 0 Å². The first-order valence-corrected chi connectivity index (χ1v) is 8.70. The molecule has 1 aromatic carbocycles. The van der Waals surface area contributed by atoms with Gasteiger partial charge in [-0.3, -0.25) is 4.90 Å². The van der Waals surface area contributed by atoms with Crippen molar-refractivity contribution in [3.05, 3.63) is 34.3 Å². The van der Waals surface area contributed by atoms with Gasteiger partial charge in [0.05, 0.1) is 12.2 Å². The molecule has 0 unspecified atom stereocenters. The number of piperidine rings is 2. The van der Waals surface area contributed by atoms with Crippen molar-refractivity contribution < 1.29 is 9.53 Å². The van der Waals surface area contributed by atoms with E-state index in [9.17, 15) is 4.79 Å². The Morgan fingerprint density at radius 1 is 1.23 bits per heavy atom. The van der Waals surface area contributed by atoms with E-state index in [1.54, 1.807) is 6.07 Å². The van der Waals surface area contributed by atoms with E-state index in [2.05, 4.69) is 20.8 Å². The number of benzene rings is 1. The van der Waals surface area contributed by atoms with Crippen molar-refractivity contribution in [2.45, 2.75) is 38.1 Å². The molecule has 5 heteroatoms. The third-order valence-corrected chi connectivity index (χ3v) is 5.21. The molecule has 0 aromatic heterocycles. The molecule has 0 saturated carbocycles. The zero-order valence-corrected chi connectivity index (χ0v) is 15.1. The normalized spacial score (nSPS) is 25.0. The summed E-state index contributed by atoms with van der Waals surface area (Å²) < 4.78 is 6.50. The van der Waals surface area contributed by atoms with Crippen LogP contribution in [-0.2, 0) is 4.74 Å². The maximum absolute atomic E-state index is 12.1. The highest BCUT2D eigenvalue weighted by molar-refractivity contribution is 9.10. The van der Waals surface area contributed by atoms with Gasteiger partial charge in [0.15, 0.2) is 0 Å². The summed E-state index contributed by atoms with van der Waals surface area (Å²) in [7, 11) is 0. The highest BCUT2D eigenvalue weighted by Gasteiger charge is 2.33. The summed E-state index contributed by atoms with van der Waals surface area (Å²) in [5, 5.41) is 0. The van der Waals surface area contributed by atoms with E-state index in [4.69, 9.17) is 4.74 Å². The molecule has 0 aliphatic carbocycles. The predicted octanol–water partition coefficient (Wildman–Crippen LogP) is 4.29. The Kier molecular flexibility index (Phi) is 6.72. The summed E-state index contributed by atoms with van der Waals surface area (Å²) in [6.07, 6.45) is 6.32. The number of halogens is 2. The van der Waals surface area contributed by atoms with E-state index in [0.29, 0.717) is 24.1 Å². The number of hydrogen-bond acceptors (Lipinski definition) is 3. The molecule has 1 aromatic rings. The summed E-state index contributed by atoms with van der Waals surface area (Å²) in [6.45, 7) is 3.01. The maximum atomic E-state index is 12.1. The number of esters is 1. The molecule has 122 valence electrons. The van der Waals surface area contributed by atoms with E-state index in [-0.39, 0.29) is 18.4 Å². The highest BCUT2D eigenvalue weighted by Crippen LogP contribution is 2.31. The molecule has 2 aliphatic heterocycles. The van der Waals surface area contributed by atoms with Crippen LogP contribution in [0, 0.1) is 5.92 Å². The number of carbonyl (C=O) groups is 1. The summed E-state index contributed by atoms with van der Waals surface area (Å²) in [5.41, 5.74) is 0.626. The summed E-state index contributed by atoms with van der Waals surface area (Å²) >= 11 is 3.39. The maximum Gasteiger partial charge on any atom is 0.338 e. The molecule has 0 bridgehead atoms. The van der Waals surface area contributed by atoms with Crippen LogP contribution in [0.2, 0.25) is 0 Å². The molecule has 0 amide bonds. The van der Waals surface area contributed by atoms with E-state index in [1.165, 1.54) is 45.2 Å². The van der Waals surface area contributed by atoms with Gasteiger partial charge < -0.3 is 4.74 Å². The molecule has 2 saturated heterocycles. The molecule has 3 rings (SSSR count). The van der Waals surface area contributed by atoms with Crippen molar-refractivity contribution in [1.82, 2.24) is 4.90 Å². The second-order valence-corrected chi connectivity index (χ2v) is 7.03. The fourth-order valence-corrected chi connectivity index (χ4v) is 4.05. The SMILES string of the molecule is Cl.O=C(OC[C@@H]1CCCN2CCCC[C@H]12)c1cccc(Br)c1.